The predicted octanol–water partition coefficient (Wildman–Crippen LogP) is 2.94. The van der Waals surface area contributed by atoms with Gasteiger partial charge in [0.2, 0.25) is 0 Å². The molecule has 0 aliphatic carbocycles. The first kappa shape index (κ1) is 15.0. The smallest absolute Gasteiger partial charge is 0.350 e. The Kier molecular flexibility index (Phi) is 4.55. The number of urea groups is 1. The molecule has 0 fully saturated rings. The summed E-state index contributed by atoms with van der Waals surface area (Å²) in [6.07, 6.45) is 0. The molecule has 21 heavy (non-hydrogen) atoms. The van der Waals surface area contributed by atoms with Crippen LogP contribution < -0.4 is 10.6 Å². The number of carboxylic acids is 1. The maximum absolute atomic E-state index is 11.9. The Labute approximate surface area is 127 Å². The van der Waals surface area contributed by atoms with Crippen molar-refractivity contribution in [3.63, 3.8) is 0 Å². The quantitative estimate of drug-likeness (QED) is 0.749. The first-order valence-corrected chi connectivity index (χ1v) is 7.33. The highest BCUT2D eigenvalue weighted by Crippen LogP contribution is 2.25. The molecule has 2 rings (SSSR count). The monoisotopic (exact) mass is 326 g/mol. The highest BCUT2D eigenvalue weighted by Gasteiger charge is 2.17. The molecule has 0 aromatic carbocycles. The second-order valence-electron chi connectivity index (χ2n) is 3.70. The number of methoxy groups -OCH3 is 1. The Hall–Kier alpha value is -2.39. The molecule has 2 aromatic heterocycles. The maximum Gasteiger partial charge on any atom is 0.350 e. The van der Waals surface area contributed by atoms with E-state index in [9.17, 15) is 14.4 Å². The van der Waals surface area contributed by atoms with Gasteiger partial charge in [-0.2, -0.15) is 0 Å². The number of hydrogen-bond donors (Lipinski definition) is 3. The van der Waals surface area contributed by atoms with Crippen molar-refractivity contribution in [3.05, 3.63) is 33.3 Å². The number of aromatic carboxylic acids is 1. The van der Waals surface area contributed by atoms with Gasteiger partial charge in [0.15, 0.2) is 0 Å². The van der Waals surface area contributed by atoms with E-state index in [1.165, 1.54) is 13.2 Å². The van der Waals surface area contributed by atoms with E-state index in [-0.39, 0.29) is 15.4 Å². The molecule has 2 heterocycles. The van der Waals surface area contributed by atoms with Gasteiger partial charge in [0.1, 0.15) is 9.88 Å². The topological polar surface area (TPSA) is 105 Å². The first-order valence-electron chi connectivity index (χ1n) is 5.57. The normalized spacial score (nSPS) is 9.95. The van der Waals surface area contributed by atoms with Crippen molar-refractivity contribution < 1.29 is 24.2 Å². The highest BCUT2D eigenvalue weighted by molar-refractivity contribution is 7.14. The van der Waals surface area contributed by atoms with Crippen LogP contribution in [0.1, 0.15) is 20.0 Å². The van der Waals surface area contributed by atoms with Crippen LogP contribution in [0, 0.1) is 0 Å². The van der Waals surface area contributed by atoms with Gasteiger partial charge < -0.3 is 15.2 Å². The molecule has 0 atom stereocenters. The Morgan fingerprint density at radius 1 is 1.14 bits per heavy atom. The van der Waals surface area contributed by atoms with Gasteiger partial charge in [-0.25, -0.2) is 14.4 Å². The minimum Gasteiger partial charge on any atom is -0.478 e. The van der Waals surface area contributed by atoms with Crippen LogP contribution in [0.25, 0.3) is 0 Å². The van der Waals surface area contributed by atoms with Crippen molar-refractivity contribution in [2.45, 2.75) is 0 Å². The molecule has 0 saturated heterocycles. The van der Waals surface area contributed by atoms with Crippen LogP contribution in [0.15, 0.2) is 22.9 Å². The van der Waals surface area contributed by atoms with E-state index in [2.05, 4.69) is 15.4 Å². The summed E-state index contributed by atoms with van der Waals surface area (Å²) in [4.78, 5) is 34.5. The van der Waals surface area contributed by atoms with Crippen LogP contribution in [0.3, 0.4) is 0 Å². The Bertz CT molecular complexity index is 691. The number of amides is 2. The zero-order valence-corrected chi connectivity index (χ0v) is 12.3. The summed E-state index contributed by atoms with van der Waals surface area (Å²) in [5.41, 5.74) is 0.312. The third-order valence-electron chi connectivity index (χ3n) is 2.41. The van der Waals surface area contributed by atoms with Crippen LogP contribution in [-0.2, 0) is 4.74 Å². The van der Waals surface area contributed by atoms with E-state index in [1.807, 2.05) is 0 Å². The summed E-state index contributed by atoms with van der Waals surface area (Å²) in [5, 5.41) is 17.3. The van der Waals surface area contributed by atoms with Crippen molar-refractivity contribution >= 4 is 51.3 Å². The molecule has 0 saturated carbocycles. The Morgan fingerprint density at radius 2 is 1.86 bits per heavy atom. The molecule has 0 radical (unpaired) electrons. The van der Waals surface area contributed by atoms with E-state index >= 15 is 0 Å². The van der Waals surface area contributed by atoms with Crippen LogP contribution >= 0.6 is 22.7 Å². The summed E-state index contributed by atoms with van der Waals surface area (Å²) < 4.78 is 4.60. The fraction of sp³-hybridized carbons (Fsp3) is 0.0833. The molecule has 0 aliphatic rings. The van der Waals surface area contributed by atoms with Crippen molar-refractivity contribution in [2.75, 3.05) is 17.7 Å². The van der Waals surface area contributed by atoms with Gasteiger partial charge >= 0.3 is 18.0 Å². The number of thiophene rings is 2. The van der Waals surface area contributed by atoms with Gasteiger partial charge in [-0.1, -0.05) is 0 Å². The van der Waals surface area contributed by atoms with E-state index < -0.39 is 18.0 Å². The highest BCUT2D eigenvalue weighted by atomic mass is 32.1. The molecule has 110 valence electrons. The largest absolute Gasteiger partial charge is 0.478 e. The third-order valence-corrected chi connectivity index (χ3v) is 4.13. The molecule has 0 bridgehead atoms. The minimum absolute atomic E-state index is 0.00802. The van der Waals surface area contributed by atoms with E-state index in [4.69, 9.17) is 5.11 Å². The number of carbonyl (C=O) groups is 3. The zero-order valence-electron chi connectivity index (χ0n) is 10.7. The molecule has 0 aliphatic heterocycles. The lowest BCUT2D eigenvalue weighted by atomic mass is 10.3. The summed E-state index contributed by atoms with van der Waals surface area (Å²) in [6.45, 7) is 0. The molecule has 2 amide bonds. The lowest BCUT2D eigenvalue weighted by Gasteiger charge is -2.07. The number of ether oxygens (including phenoxy) is 1. The molecule has 9 heteroatoms. The van der Waals surface area contributed by atoms with E-state index in [0.717, 1.165) is 22.7 Å². The Morgan fingerprint density at radius 3 is 2.52 bits per heavy atom. The molecule has 7 nitrogen and oxygen atoms in total. The van der Waals surface area contributed by atoms with Crippen molar-refractivity contribution in [3.8, 4) is 0 Å². The van der Waals surface area contributed by atoms with Crippen molar-refractivity contribution in [1.29, 1.82) is 0 Å². The maximum atomic E-state index is 11.9. The minimum atomic E-state index is -1.13. The van der Waals surface area contributed by atoms with Crippen molar-refractivity contribution in [2.24, 2.45) is 0 Å². The van der Waals surface area contributed by atoms with Crippen molar-refractivity contribution in [1.82, 2.24) is 0 Å². The first-order chi connectivity index (χ1) is 10.0. The molecule has 3 N–H and O–H groups in total. The fourth-order valence-corrected chi connectivity index (χ4v) is 3.03. The molecule has 0 unspecified atom stereocenters. The molecule has 2 aromatic rings. The summed E-state index contributed by atoms with van der Waals surface area (Å²) >= 11 is 2.22. The predicted molar refractivity (Wildman–Crippen MR) is 79.6 cm³/mol. The SMILES string of the molecule is COC(=O)c1sccc1NC(=O)Nc1sccc1C(=O)O. The number of carbonyl (C=O) groups excluding carboxylic acids is 2. The number of hydrogen-bond acceptors (Lipinski definition) is 6. The number of esters is 1. The van der Waals surface area contributed by atoms with E-state index in [1.54, 1.807) is 16.8 Å². The van der Waals surface area contributed by atoms with E-state index in [0.29, 0.717) is 5.69 Å². The number of nitrogens with one attached hydrogen (secondary N) is 2. The lowest BCUT2D eigenvalue weighted by molar-refractivity contribution is 0.0606. The second-order valence-corrected chi connectivity index (χ2v) is 5.53. The fourth-order valence-electron chi connectivity index (χ4n) is 1.49. The van der Waals surface area contributed by atoms with Gasteiger partial charge in [0, 0.05) is 0 Å². The van der Waals surface area contributed by atoms with Crippen LogP contribution in [0.5, 0.6) is 0 Å². The number of carboxylic acid groups (broad SMARTS) is 1. The van der Waals surface area contributed by atoms with Crippen LogP contribution in [-0.4, -0.2) is 30.2 Å². The van der Waals surface area contributed by atoms with Gasteiger partial charge in [0.05, 0.1) is 18.4 Å². The average molecular weight is 326 g/mol. The molecule has 0 spiro atoms. The average Bonchev–Trinajstić information content (AvgIpc) is 3.06. The van der Waals surface area contributed by atoms with Gasteiger partial charge in [-0.3, -0.25) is 5.32 Å². The number of anilines is 2. The lowest BCUT2D eigenvalue weighted by Crippen LogP contribution is -2.21. The zero-order chi connectivity index (χ0) is 15.4. The summed E-state index contributed by atoms with van der Waals surface area (Å²) in [6, 6.07) is 2.32. The van der Waals surface area contributed by atoms with Crippen LogP contribution in [0.2, 0.25) is 0 Å². The summed E-state index contributed by atoms with van der Waals surface area (Å²) in [7, 11) is 1.25. The van der Waals surface area contributed by atoms with Gasteiger partial charge in [0.25, 0.3) is 0 Å². The van der Waals surface area contributed by atoms with Crippen LogP contribution in [0.4, 0.5) is 15.5 Å². The number of rotatable bonds is 4. The molecular formula is C12H10N2O5S2. The second kappa shape index (κ2) is 6.37. The standard InChI is InChI=1S/C12H10N2O5S2/c1-19-11(17)8-7(3-5-20-8)13-12(18)14-9-6(10(15)16)2-4-21-9/h2-5H,1H3,(H,15,16)(H2,13,14,18). The van der Waals surface area contributed by atoms with Gasteiger partial charge in [-0.15, -0.1) is 22.7 Å². The Balaban J connectivity index is 2.09. The molecular weight excluding hydrogens is 316 g/mol. The summed E-state index contributed by atoms with van der Waals surface area (Å²) in [5.74, 6) is -1.68. The third kappa shape index (κ3) is 3.38. The van der Waals surface area contributed by atoms with Gasteiger partial charge in [-0.05, 0) is 22.9 Å².